The first-order valence-corrected chi connectivity index (χ1v) is 14.3. The average molecular weight is 344 g/mol. The summed E-state index contributed by atoms with van der Waals surface area (Å²) in [5.74, 6) is 0. The smallest absolute Gasteiger partial charge is 0.192 e. The molecule has 0 aromatic heterocycles. The largest absolute Gasteiger partial charge is 0.417 e. The van der Waals surface area contributed by atoms with E-state index in [0.29, 0.717) is 0 Å². The van der Waals surface area contributed by atoms with Gasteiger partial charge in [-0.15, -0.1) is 0 Å². The minimum Gasteiger partial charge on any atom is -0.417 e. The van der Waals surface area contributed by atoms with Crippen molar-refractivity contribution in [3.8, 4) is 0 Å². The summed E-state index contributed by atoms with van der Waals surface area (Å²) in [6.07, 6.45) is 3.70. The second-order valence-electron chi connectivity index (χ2n) is 9.36. The second kappa shape index (κ2) is 7.78. The number of hydrogen-bond donors (Lipinski definition) is 0. The summed E-state index contributed by atoms with van der Waals surface area (Å²) in [7, 11) is -3.40. The molecule has 0 heterocycles. The highest BCUT2D eigenvalue weighted by Gasteiger charge is 2.39. The van der Waals surface area contributed by atoms with Gasteiger partial charge in [0.2, 0.25) is 0 Å². The highest BCUT2D eigenvalue weighted by molar-refractivity contribution is 6.74. The fourth-order valence-corrected chi connectivity index (χ4v) is 3.97. The first-order chi connectivity index (χ1) is 9.64. The molecule has 1 unspecified atom stereocenters. The molecule has 2 nitrogen and oxygen atoms in total. The van der Waals surface area contributed by atoms with E-state index < -0.39 is 16.6 Å². The van der Waals surface area contributed by atoms with E-state index in [1.54, 1.807) is 6.08 Å². The molecule has 0 spiro atoms. The molecule has 0 N–H and O–H groups in total. The quantitative estimate of drug-likeness (QED) is 0.387. The van der Waals surface area contributed by atoms with Crippen molar-refractivity contribution in [1.29, 1.82) is 0 Å². The molecule has 0 aliphatic carbocycles. The van der Waals surface area contributed by atoms with E-state index in [1.807, 2.05) is 0 Å². The van der Waals surface area contributed by atoms with Gasteiger partial charge in [-0.3, -0.25) is 0 Å². The summed E-state index contributed by atoms with van der Waals surface area (Å²) >= 11 is 0. The van der Waals surface area contributed by atoms with Crippen molar-refractivity contribution in [3.63, 3.8) is 0 Å². The Morgan fingerprint density at radius 2 is 1.36 bits per heavy atom. The maximum absolute atomic E-state index is 6.37. The van der Waals surface area contributed by atoms with Crippen LogP contribution in [-0.4, -0.2) is 29.3 Å². The van der Waals surface area contributed by atoms with Crippen LogP contribution in [0.1, 0.15) is 54.4 Å². The van der Waals surface area contributed by atoms with E-state index in [0.717, 1.165) is 19.4 Å². The zero-order valence-corrected chi connectivity index (χ0v) is 18.7. The molecule has 4 heteroatoms. The minimum atomic E-state index is -1.76. The Balaban J connectivity index is 4.37. The number of rotatable bonds is 8. The van der Waals surface area contributed by atoms with Crippen LogP contribution in [0.15, 0.2) is 6.08 Å². The van der Waals surface area contributed by atoms with E-state index >= 15 is 0 Å². The van der Waals surface area contributed by atoms with Crippen molar-refractivity contribution in [1.82, 2.24) is 0 Å². The molecule has 0 aromatic carbocycles. The van der Waals surface area contributed by atoms with Crippen LogP contribution in [0.3, 0.4) is 0 Å². The molecule has 0 aliphatic heterocycles. The van der Waals surface area contributed by atoms with Crippen LogP contribution >= 0.6 is 0 Å². The van der Waals surface area contributed by atoms with E-state index in [2.05, 4.69) is 67.7 Å². The third-order valence-corrected chi connectivity index (χ3v) is 14.4. The maximum atomic E-state index is 6.37. The molecule has 0 amide bonds. The molecule has 0 aliphatic rings. The molecule has 0 rings (SSSR count). The van der Waals surface area contributed by atoms with Crippen molar-refractivity contribution >= 4 is 16.6 Å². The van der Waals surface area contributed by atoms with Crippen molar-refractivity contribution < 1.29 is 8.85 Å². The Kier molecular flexibility index (Phi) is 7.81. The van der Waals surface area contributed by atoms with Gasteiger partial charge in [0, 0.05) is 6.61 Å². The highest BCUT2D eigenvalue weighted by Crippen LogP contribution is 2.38. The third kappa shape index (κ3) is 6.69. The van der Waals surface area contributed by atoms with Gasteiger partial charge in [0.05, 0.1) is 6.10 Å². The molecular formula is C18H39O2Si2. The lowest BCUT2D eigenvalue weighted by Crippen LogP contribution is -2.43. The second-order valence-corrected chi connectivity index (χ2v) is 18.9. The van der Waals surface area contributed by atoms with Gasteiger partial charge in [0.25, 0.3) is 0 Å². The van der Waals surface area contributed by atoms with Gasteiger partial charge in [-0.25, -0.2) is 0 Å². The van der Waals surface area contributed by atoms with Gasteiger partial charge in [0.15, 0.2) is 16.6 Å². The van der Waals surface area contributed by atoms with E-state index in [1.165, 1.54) is 0 Å². The van der Waals surface area contributed by atoms with Crippen LogP contribution < -0.4 is 0 Å². The van der Waals surface area contributed by atoms with Crippen molar-refractivity contribution in [2.24, 2.45) is 0 Å². The molecule has 0 bridgehead atoms. The standard InChI is InChI=1S/C18H39O2Si2/c1-12-16(20-22(10,11)18(5,6)7)14-13-15-19-21(8,9)17(2,3)4/h1,12,16H,13-15H2,2-11H3. The van der Waals surface area contributed by atoms with Crippen molar-refractivity contribution in [2.75, 3.05) is 6.61 Å². The molecule has 0 saturated carbocycles. The van der Waals surface area contributed by atoms with Crippen LogP contribution in [0.5, 0.6) is 0 Å². The topological polar surface area (TPSA) is 18.5 Å². The normalized spacial score (nSPS) is 15.7. The molecule has 22 heavy (non-hydrogen) atoms. The minimum absolute atomic E-state index is 0.0453. The van der Waals surface area contributed by atoms with Gasteiger partial charge < -0.3 is 8.85 Å². The van der Waals surface area contributed by atoms with Crippen molar-refractivity contribution in [3.05, 3.63) is 12.7 Å². The molecule has 0 saturated heterocycles. The lowest BCUT2D eigenvalue weighted by atomic mass is 10.2. The molecule has 1 atom stereocenters. The first kappa shape index (κ1) is 22.1. The maximum Gasteiger partial charge on any atom is 0.192 e. The third-order valence-electron chi connectivity index (χ3n) is 5.37. The van der Waals surface area contributed by atoms with E-state index in [-0.39, 0.29) is 16.2 Å². The lowest BCUT2D eigenvalue weighted by molar-refractivity contribution is 0.194. The summed E-state index contributed by atoms with van der Waals surface area (Å²) in [6.45, 7) is 29.3. The molecule has 0 fully saturated rings. The zero-order chi connectivity index (χ0) is 17.8. The van der Waals surface area contributed by atoms with Gasteiger partial charge in [-0.05, 0) is 49.1 Å². The number of hydrogen-bond acceptors (Lipinski definition) is 2. The van der Waals surface area contributed by atoms with Crippen LogP contribution in [0.4, 0.5) is 0 Å². The summed E-state index contributed by atoms with van der Waals surface area (Å²) in [6, 6.07) is 0. The summed E-state index contributed by atoms with van der Waals surface area (Å²) in [5, 5.41) is 0.482. The van der Waals surface area contributed by atoms with Gasteiger partial charge >= 0.3 is 0 Å². The van der Waals surface area contributed by atoms with Crippen LogP contribution in [0, 0.1) is 6.58 Å². The Bertz CT molecular complexity index is 349. The fourth-order valence-electron chi connectivity index (χ4n) is 1.58. The molecular weight excluding hydrogens is 304 g/mol. The predicted molar refractivity (Wildman–Crippen MR) is 103 cm³/mol. The van der Waals surface area contributed by atoms with Crippen LogP contribution in [0.2, 0.25) is 36.3 Å². The fraction of sp³-hybridized carbons (Fsp3) is 0.889. The zero-order valence-electron chi connectivity index (χ0n) is 16.7. The highest BCUT2D eigenvalue weighted by atomic mass is 28.4. The van der Waals surface area contributed by atoms with Crippen molar-refractivity contribution in [2.45, 2.75) is 96.8 Å². The average Bonchev–Trinajstić information content (AvgIpc) is 2.29. The Morgan fingerprint density at radius 1 is 0.909 bits per heavy atom. The SMILES string of the molecule is [CH]=CC(CCCO[Si](C)(C)C(C)(C)C)O[Si](C)(C)C(C)(C)C. The van der Waals surface area contributed by atoms with Gasteiger partial charge in [0.1, 0.15) is 0 Å². The summed E-state index contributed by atoms with van der Waals surface area (Å²) in [4.78, 5) is 0. The van der Waals surface area contributed by atoms with E-state index in [9.17, 15) is 0 Å². The Hall–Kier alpha value is 0.0938. The van der Waals surface area contributed by atoms with Gasteiger partial charge in [-0.1, -0.05) is 54.2 Å². The predicted octanol–water partition coefficient (Wildman–Crippen LogP) is 6.17. The molecule has 1 radical (unpaired) electrons. The molecule has 131 valence electrons. The van der Waals surface area contributed by atoms with Crippen LogP contribution in [0.25, 0.3) is 0 Å². The Morgan fingerprint density at radius 3 is 1.73 bits per heavy atom. The van der Waals surface area contributed by atoms with E-state index in [4.69, 9.17) is 15.4 Å². The first-order valence-electron chi connectivity index (χ1n) is 8.51. The van der Waals surface area contributed by atoms with Gasteiger partial charge in [-0.2, -0.15) is 0 Å². The summed E-state index contributed by atoms with van der Waals surface area (Å²) in [5.41, 5.74) is 0. The monoisotopic (exact) mass is 343 g/mol. The summed E-state index contributed by atoms with van der Waals surface area (Å²) < 4.78 is 12.6. The van der Waals surface area contributed by atoms with Crippen LogP contribution in [-0.2, 0) is 8.85 Å². The molecule has 0 aromatic rings. The lowest BCUT2D eigenvalue weighted by Gasteiger charge is -2.39. The Labute approximate surface area is 141 Å².